The molecule has 0 aliphatic heterocycles. The van der Waals surface area contributed by atoms with Crippen molar-refractivity contribution in [3.05, 3.63) is 24.3 Å². The molecule has 0 aliphatic rings. The Morgan fingerprint density at radius 1 is 1.29 bits per heavy atom. The molecule has 0 bridgehead atoms. The average molecular weight is 292 g/mol. The minimum atomic E-state index is -5.04. The quantitative estimate of drug-likeness (QED) is 0.659. The van der Waals surface area contributed by atoms with Gasteiger partial charge in [0.05, 0.1) is 11.4 Å². The number of sulfone groups is 1. The molecule has 0 aliphatic carbocycles. The molecule has 0 fully saturated rings. The molecule has 9 heteroatoms. The molecule has 1 aromatic carbocycles. The van der Waals surface area contributed by atoms with E-state index < -0.39 is 23.3 Å². The van der Waals surface area contributed by atoms with Crippen LogP contribution in [0.5, 0.6) is 5.75 Å². The van der Waals surface area contributed by atoms with Crippen LogP contribution in [0.3, 0.4) is 0 Å². The Morgan fingerprint density at radius 2 is 1.88 bits per heavy atom. The molecule has 90 valence electrons. The number of halogens is 3. The van der Waals surface area contributed by atoms with Crippen molar-refractivity contribution in [3.63, 3.8) is 0 Å². The van der Waals surface area contributed by atoms with Crippen molar-refractivity contribution in [3.8, 4) is 5.75 Å². The zero-order chi connectivity index (χ0) is 12.4. The van der Waals surface area contributed by atoms with Crippen LogP contribution in [0.2, 0.25) is 0 Å². The molecular weight excluding hydrogens is 283 g/mol. The van der Waals surface area contributed by atoms with Gasteiger partial charge in [-0.3, -0.25) is 0 Å². The average Bonchev–Trinajstić information content (AvgIpc) is 2.13. The first-order chi connectivity index (χ1) is 7.18. The number of hydrogen-bond donors (Lipinski definition) is 0. The van der Waals surface area contributed by atoms with E-state index in [4.69, 9.17) is 0 Å². The molecule has 1 rings (SSSR count). The first kappa shape index (κ1) is 17.5. The number of rotatable bonds is 4. The number of benzene rings is 1. The summed E-state index contributed by atoms with van der Waals surface area (Å²) in [5, 5.41) is 0. The largest absolute Gasteiger partial charge is 1.00 e. The molecule has 0 radical (unpaired) electrons. The van der Waals surface area contributed by atoms with Gasteiger partial charge in [-0.15, -0.1) is 0 Å². The van der Waals surface area contributed by atoms with Crippen LogP contribution in [-0.2, 0) is 9.84 Å². The van der Waals surface area contributed by atoms with Crippen LogP contribution in [-0.4, -0.2) is 28.2 Å². The Morgan fingerprint density at radius 3 is 2.35 bits per heavy atom. The molecule has 3 nitrogen and oxygen atoms in total. The summed E-state index contributed by atoms with van der Waals surface area (Å²) in [5.74, 6) is -0.109. The van der Waals surface area contributed by atoms with E-state index in [1.165, 1.54) is 18.2 Å². The predicted octanol–water partition coefficient (Wildman–Crippen LogP) is -1.14. The molecule has 17 heavy (non-hydrogen) atoms. The van der Waals surface area contributed by atoms with Crippen molar-refractivity contribution >= 4 is 16.8 Å². The first-order valence-corrected chi connectivity index (χ1v) is 6.21. The van der Waals surface area contributed by atoms with E-state index in [2.05, 4.69) is 4.74 Å². The third kappa shape index (κ3) is 6.82. The molecule has 0 unspecified atom stereocenters. The maximum absolute atomic E-state index is 11.9. The van der Waals surface area contributed by atoms with Crippen LogP contribution < -0.4 is 56.1 Å². The fourth-order valence-electron chi connectivity index (χ4n) is 0.985. The van der Waals surface area contributed by atoms with Crippen LogP contribution in [0.15, 0.2) is 29.2 Å². The number of ether oxygens (including phenoxy) is 1. The van der Waals surface area contributed by atoms with Crippen LogP contribution >= 0.6 is 0 Å². The molecule has 1 aromatic rings. The maximum atomic E-state index is 11.9. The summed E-state index contributed by atoms with van der Waals surface area (Å²) in [6.07, 6.45) is 0.972. The van der Waals surface area contributed by atoms with Crippen LogP contribution in [0.1, 0.15) is 0 Å². The molecule has 0 aromatic heterocycles. The minimum absolute atomic E-state index is 0. The standard InChI is InChI=1S/C8H9BF3O3S.K/c1-16(13,14)8-4-2-3-7(5-8)15-6-9(10,11)12;/h2-5H,6H2,1H3;/q-1;+1. The van der Waals surface area contributed by atoms with Gasteiger partial charge in [0.15, 0.2) is 9.84 Å². The predicted molar refractivity (Wildman–Crippen MR) is 54.1 cm³/mol. The van der Waals surface area contributed by atoms with Crippen molar-refractivity contribution in [2.45, 2.75) is 4.90 Å². The van der Waals surface area contributed by atoms with E-state index in [1.807, 2.05) is 0 Å². The number of hydrogen-bond acceptors (Lipinski definition) is 3. The Hall–Kier alpha value is 0.461. The first-order valence-electron chi connectivity index (χ1n) is 4.32. The zero-order valence-electron chi connectivity index (χ0n) is 9.36. The second-order valence-electron chi connectivity index (χ2n) is 3.27. The third-order valence-electron chi connectivity index (χ3n) is 1.67. The molecule has 0 atom stereocenters. The maximum Gasteiger partial charge on any atom is 1.00 e. The van der Waals surface area contributed by atoms with Crippen LogP contribution in [0.4, 0.5) is 12.9 Å². The fourth-order valence-corrected chi connectivity index (χ4v) is 1.64. The van der Waals surface area contributed by atoms with Gasteiger partial charge in [-0.1, -0.05) is 6.07 Å². The smallest absolute Gasteiger partial charge is 0.522 e. The van der Waals surface area contributed by atoms with Crippen molar-refractivity contribution in [2.24, 2.45) is 0 Å². The van der Waals surface area contributed by atoms with E-state index in [1.54, 1.807) is 0 Å². The molecule has 0 heterocycles. The van der Waals surface area contributed by atoms with Gasteiger partial charge in [0, 0.05) is 6.26 Å². The summed E-state index contributed by atoms with van der Waals surface area (Å²) < 4.78 is 62.4. The Balaban J connectivity index is 0.00000256. The Labute approximate surface area is 140 Å². The van der Waals surface area contributed by atoms with E-state index in [0.717, 1.165) is 12.3 Å². The van der Waals surface area contributed by atoms with Gasteiger partial charge in [-0.2, -0.15) is 0 Å². The third-order valence-corrected chi connectivity index (χ3v) is 2.78. The molecule has 0 spiro atoms. The Kier molecular flexibility index (Phi) is 6.75. The summed E-state index contributed by atoms with van der Waals surface area (Å²) in [6.45, 7) is -6.42. The summed E-state index contributed by atoms with van der Waals surface area (Å²) >= 11 is 0. The van der Waals surface area contributed by atoms with E-state index in [0.29, 0.717) is 0 Å². The summed E-state index contributed by atoms with van der Waals surface area (Å²) in [4.78, 5) is -0.0697. The van der Waals surface area contributed by atoms with E-state index in [-0.39, 0.29) is 62.0 Å². The van der Waals surface area contributed by atoms with Crippen LogP contribution in [0.25, 0.3) is 0 Å². The summed E-state index contributed by atoms with van der Waals surface area (Å²) in [6, 6.07) is 4.96. The summed E-state index contributed by atoms with van der Waals surface area (Å²) in [7, 11) is -3.44. The van der Waals surface area contributed by atoms with Gasteiger partial charge in [0.1, 0.15) is 5.75 Å². The normalized spacial score (nSPS) is 11.8. The van der Waals surface area contributed by atoms with Gasteiger partial charge < -0.3 is 17.7 Å². The molecule has 0 saturated heterocycles. The van der Waals surface area contributed by atoms with Gasteiger partial charge in [0.2, 0.25) is 0 Å². The monoisotopic (exact) mass is 292 g/mol. The zero-order valence-corrected chi connectivity index (χ0v) is 13.3. The van der Waals surface area contributed by atoms with Crippen molar-refractivity contribution < 1.29 is 77.5 Å². The topological polar surface area (TPSA) is 43.4 Å². The van der Waals surface area contributed by atoms with Gasteiger partial charge in [0.25, 0.3) is 0 Å². The van der Waals surface area contributed by atoms with E-state index in [9.17, 15) is 21.4 Å². The van der Waals surface area contributed by atoms with Crippen molar-refractivity contribution in [2.75, 3.05) is 12.8 Å². The molecular formula is C8H9BF3KO3S. The second kappa shape index (κ2) is 6.58. The van der Waals surface area contributed by atoms with Gasteiger partial charge >= 0.3 is 58.4 Å². The Bertz CT molecular complexity index is 475. The van der Waals surface area contributed by atoms with Crippen LogP contribution in [0, 0.1) is 0 Å². The molecule has 0 saturated carbocycles. The summed E-state index contributed by atoms with van der Waals surface area (Å²) in [5.41, 5.74) is 0. The van der Waals surface area contributed by atoms with Gasteiger partial charge in [-0.05, 0) is 18.2 Å². The second-order valence-corrected chi connectivity index (χ2v) is 5.28. The van der Waals surface area contributed by atoms with Crippen molar-refractivity contribution in [1.29, 1.82) is 0 Å². The fraction of sp³-hybridized carbons (Fsp3) is 0.250. The van der Waals surface area contributed by atoms with E-state index >= 15 is 0 Å². The SMILES string of the molecule is CS(=O)(=O)c1cccc(OC[B-](F)(F)F)c1.[K+]. The molecule has 0 N–H and O–H groups in total. The molecule has 0 amide bonds. The minimum Gasteiger partial charge on any atom is -0.522 e. The van der Waals surface area contributed by atoms with Gasteiger partial charge in [-0.25, -0.2) is 8.42 Å². The van der Waals surface area contributed by atoms with Crippen molar-refractivity contribution in [1.82, 2.24) is 0 Å².